The summed E-state index contributed by atoms with van der Waals surface area (Å²) in [5, 5.41) is 12.8. The van der Waals surface area contributed by atoms with E-state index in [9.17, 15) is 9.90 Å². The molecule has 0 aromatic heterocycles. The molecule has 24 heavy (non-hydrogen) atoms. The third-order valence-corrected chi connectivity index (χ3v) is 4.70. The number of carbonyl (C=O) groups excluding carboxylic acids is 1. The zero-order chi connectivity index (χ0) is 17.1. The lowest BCUT2D eigenvalue weighted by atomic mass is 9.94. The first-order valence-corrected chi connectivity index (χ1v) is 8.70. The summed E-state index contributed by atoms with van der Waals surface area (Å²) in [6, 6.07) is 3.71. The molecule has 0 bridgehead atoms. The summed E-state index contributed by atoms with van der Waals surface area (Å²) in [7, 11) is 0. The van der Waals surface area contributed by atoms with Crippen LogP contribution in [0.2, 0.25) is 0 Å². The van der Waals surface area contributed by atoms with E-state index in [1.54, 1.807) is 17.9 Å². The van der Waals surface area contributed by atoms with Crippen molar-refractivity contribution in [3.63, 3.8) is 0 Å². The number of fused-ring (bicyclic) bond motifs is 1. The molecule has 1 aromatic rings. The maximum atomic E-state index is 12.8. The van der Waals surface area contributed by atoms with Gasteiger partial charge < -0.3 is 24.8 Å². The van der Waals surface area contributed by atoms with Crippen LogP contribution in [0.15, 0.2) is 12.1 Å². The number of aliphatic hydroxyl groups is 1. The highest BCUT2D eigenvalue weighted by Crippen LogP contribution is 2.37. The van der Waals surface area contributed by atoms with Crippen LogP contribution in [-0.2, 0) is 0 Å². The highest BCUT2D eigenvalue weighted by molar-refractivity contribution is 5.91. The monoisotopic (exact) mass is 334 g/mol. The second-order valence-corrected chi connectivity index (χ2v) is 6.74. The largest absolute Gasteiger partial charge is 0.454 e. The van der Waals surface area contributed by atoms with E-state index in [4.69, 9.17) is 9.47 Å². The lowest BCUT2D eigenvalue weighted by Gasteiger charge is -2.35. The van der Waals surface area contributed by atoms with Crippen molar-refractivity contribution in [2.75, 3.05) is 18.7 Å². The number of carbonyl (C=O) groups is 1. The van der Waals surface area contributed by atoms with E-state index >= 15 is 0 Å². The lowest BCUT2D eigenvalue weighted by molar-refractivity contribution is 0.105. The molecule has 6 heteroatoms. The van der Waals surface area contributed by atoms with Gasteiger partial charge >= 0.3 is 6.03 Å². The van der Waals surface area contributed by atoms with Crippen LogP contribution in [0.1, 0.15) is 44.6 Å². The van der Waals surface area contributed by atoms with Crippen LogP contribution < -0.4 is 14.8 Å². The summed E-state index contributed by atoms with van der Waals surface area (Å²) in [6.45, 7) is 4.20. The Labute approximate surface area is 142 Å². The lowest BCUT2D eigenvalue weighted by Crippen LogP contribution is -2.47. The van der Waals surface area contributed by atoms with E-state index in [-0.39, 0.29) is 18.9 Å². The number of nitrogens with one attached hydrogen (secondary N) is 1. The van der Waals surface area contributed by atoms with Crippen molar-refractivity contribution in [1.29, 1.82) is 0 Å². The van der Waals surface area contributed by atoms with Gasteiger partial charge in [-0.15, -0.1) is 0 Å². The predicted molar refractivity (Wildman–Crippen MR) is 91.6 cm³/mol. The van der Waals surface area contributed by atoms with Gasteiger partial charge in [0.15, 0.2) is 11.5 Å². The number of urea groups is 1. The Bertz CT molecular complexity index is 597. The second-order valence-electron chi connectivity index (χ2n) is 6.74. The van der Waals surface area contributed by atoms with Crippen LogP contribution in [0, 0.1) is 6.92 Å². The molecule has 1 aliphatic heterocycles. The third kappa shape index (κ3) is 3.75. The first kappa shape index (κ1) is 16.9. The van der Waals surface area contributed by atoms with Crippen molar-refractivity contribution in [2.45, 2.75) is 58.1 Å². The number of hydrogen-bond donors (Lipinski definition) is 2. The fourth-order valence-corrected chi connectivity index (χ4v) is 3.44. The summed E-state index contributed by atoms with van der Waals surface area (Å²) in [5.41, 5.74) is 1.64. The van der Waals surface area contributed by atoms with E-state index in [0.717, 1.165) is 36.9 Å². The predicted octanol–water partition coefficient (Wildman–Crippen LogP) is 3.27. The van der Waals surface area contributed by atoms with Gasteiger partial charge in [-0.25, -0.2) is 4.79 Å². The number of nitrogens with zero attached hydrogens (tertiary/aromatic N) is 1. The molecule has 0 spiro atoms. The number of amides is 2. The van der Waals surface area contributed by atoms with Gasteiger partial charge in [0.2, 0.25) is 6.79 Å². The smallest absolute Gasteiger partial charge is 0.322 e. The van der Waals surface area contributed by atoms with Crippen molar-refractivity contribution in [1.82, 2.24) is 4.90 Å². The van der Waals surface area contributed by atoms with Crippen molar-refractivity contribution < 1.29 is 19.4 Å². The molecule has 132 valence electrons. The number of hydrogen-bond acceptors (Lipinski definition) is 4. The minimum Gasteiger partial charge on any atom is -0.454 e. The number of aryl methyl sites for hydroxylation is 1. The molecule has 2 N–H and O–H groups in total. The molecule has 6 nitrogen and oxygen atoms in total. The van der Waals surface area contributed by atoms with Crippen molar-refractivity contribution >= 4 is 11.7 Å². The number of rotatable bonds is 4. The van der Waals surface area contributed by atoms with Gasteiger partial charge in [-0.3, -0.25) is 0 Å². The van der Waals surface area contributed by atoms with E-state index in [2.05, 4.69) is 5.32 Å². The van der Waals surface area contributed by atoms with Crippen LogP contribution in [-0.4, -0.2) is 41.5 Å². The molecule has 1 aromatic carbocycles. The summed E-state index contributed by atoms with van der Waals surface area (Å²) in [5.74, 6) is 1.36. The average molecular weight is 334 g/mol. The highest BCUT2D eigenvalue weighted by atomic mass is 16.7. The molecule has 1 heterocycles. The molecular formula is C18H26N2O4. The molecule has 0 radical (unpaired) electrons. The quantitative estimate of drug-likeness (QED) is 0.886. The van der Waals surface area contributed by atoms with E-state index in [1.165, 1.54) is 6.42 Å². The fourth-order valence-electron chi connectivity index (χ4n) is 3.44. The van der Waals surface area contributed by atoms with E-state index < -0.39 is 6.10 Å². The van der Waals surface area contributed by atoms with Gasteiger partial charge in [-0.2, -0.15) is 0 Å². The summed E-state index contributed by atoms with van der Waals surface area (Å²) >= 11 is 0. The SMILES string of the molecule is Cc1cc2c(cc1NC(=O)N(CC(C)O)C1CCCCC1)OCO2. The minimum atomic E-state index is -0.546. The zero-order valence-electron chi connectivity index (χ0n) is 14.4. The first-order valence-electron chi connectivity index (χ1n) is 8.70. The minimum absolute atomic E-state index is 0.162. The first-order chi connectivity index (χ1) is 11.5. The fraction of sp³-hybridized carbons (Fsp3) is 0.611. The number of benzene rings is 1. The Morgan fingerprint density at radius 1 is 1.29 bits per heavy atom. The maximum absolute atomic E-state index is 12.8. The Morgan fingerprint density at radius 3 is 2.62 bits per heavy atom. The van der Waals surface area contributed by atoms with E-state index in [1.807, 2.05) is 13.0 Å². The normalized spacial score (nSPS) is 18.3. The molecular weight excluding hydrogens is 308 g/mol. The van der Waals surface area contributed by atoms with Gasteiger partial charge in [0, 0.05) is 24.3 Å². The molecule has 0 saturated heterocycles. The van der Waals surface area contributed by atoms with Gasteiger partial charge in [0.1, 0.15) is 0 Å². The topological polar surface area (TPSA) is 71.0 Å². The summed E-state index contributed by atoms with van der Waals surface area (Å²) < 4.78 is 10.7. The Morgan fingerprint density at radius 2 is 1.96 bits per heavy atom. The van der Waals surface area contributed by atoms with Crippen molar-refractivity contribution in [3.8, 4) is 11.5 Å². The molecule has 3 rings (SSSR count). The molecule has 2 amide bonds. The standard InChI is InChI=1S/C18H26N2O4/c1-12-8-16-17(24-11-23-16)9-15(12)19-18(22)20(10-13(2)21)14-6-4-3-5-7-14/h8-9,13-14,21H,3-7,10-11H2,1-2H3,(H,19,22). The van der Waals surface area contributed by atoms with E-state index in [0.29, 0.717) is 18.0 Å². The second kappa shape index (κ2) is 7.30. The molecule has 1 atom stereocenters. The molecule has 1 fully saturated rings. The maximum Gasteiger partial charge on any atom is 0.322 e. The molecule has 2 aliphatic rings. The molecule has 1 aliphatic carbocycles. The van der Waals surface area contributed by atoms with Crippen molar-refractivity contribution in [3.05, 3.63) is 17.7 Å². The summed E-state index contributed by atoms with van der Waals surface area (Å²) in [6.07, 6.45) is 4.95. The average Bonchev–Trinajstić information content (AvgIpc) is 3.00. The van der Waals surface area contributed by atoms with Crippen LogP contribution in [0.4, 0.5) is 10.5 Å². The van der Waals surface area contributed by atoms with Gasteiger partial charge in [0.05, 0.1) is 6.10 Å². The zero-order valence-corrected chi connectivity index (χ0v) is 14.4. The molecule has 1 unspecified atom stereocenters. The van der Waals surface area contributed by atoms with Crippen LogP contribution in [0.3, 0.4) is 0 Å². The highest BCUT2D eigenvalue weighted by Gasteiger charge is 2.27. The van der Waals surface area contributed by atoms with Crippen LogP contribution >= 0.6 is 0 Å². The van der Waals surface area contributed by atoms with Gasteiger partial charge in [-0.05, 0) is 38.3 Å². The summed E-state index contributed by atoms with van der Waals surface area (Å²) in [4.78, 5) is 14.6. The number of anilines is 1. The third-order valence-electron chi connectivity index (χ3n) is 4.70. The van der Waals surface area contributed by atoms with Gasteiger partial charge in [-0.1, -0.05) is 19.3 Å². The molecule has 1 saturated carbocycles. The Balaban J connectivity index is 1.75. The van der Waals surface area contributed by atoms with Crippen molar-refractivity contribution in [2.24, 2.45) is 0 Å². The van der Waals surface area contributed by atoms with Crippen LogP contribution in [0.25, 0.3) is 0 Å². The Kier molecular flexibility index (Phi) is 5.14. The van der Waals surface area contributed by atoms with Gasteiger partial charge in [0.25, 0.3) is 0 Å². The number of aliphatic hydroxyl groups excluding tert-OH is 1. The number of ether oxygens (including phenoxy) is 2. The Hall–Kier alpha value is -1.95. The van der Waals surface area contributed by atoms with Crippen LogP contribution in [0.5, 0.6) is 11.5 Å².